The lowest BCUT2D eigenvalue weighted by Gasteiger charge is -2.19. The van der Waals surface area contributed by atoms with Crippen molar-refractivity contribution in [1.29, 1.82) is 0 Å². The molecule has 1 aromatic carbocycles. The first kappa shape index (κ1) is 22.1. The number of aryl methyl sites for hydroxylation is 2. The van der Waals surface area contributed by atoms with Crippen molar-refractivity contribution in [3.8, 4) is 5.75 Å². The van der Waals surface area contributed by atoms with Crippen molar-refractivity contribution < 1.29 is 4.74 Å². The first-order valence-electron chi connectivity index (χ1n) is 11.1. The van der Waals surface area contributed by atoms with E-state index in [4.69, 9.17) is 9.73 Å². The van der Waals surface area contributed by atoms with Crippen LogP contribution in [0.4, 0.5) is 0 Å². The Morgan fingerprint density at radius 2 is 2.03 bits per heavy atom. The van der Waals surface area contributed by atoms with Gasteiger partial charge in [-0.15, -0.1) is 10.2 Å². The van der Waals surface area contributed by atoms with Crippen molar-refractivity contribution in [3.63, 3.8) is 0 Å². The molecular weight excluding hydrogens is 376 g/mol. The SMILES string of the molecule is CCC(C)Oc1cc(C)ccc1CN=C(NCc1nnc(C)n1C)NC1CCCC1. The number of nitrogens with zero attached hydrogens (tertiary/aromatic N) is 4. The summed E-state index contributed by atoms with van der Waals surface area (Å²) < 4.78 is 8.16. The molecule has 1 aromatic heterocycles. The quantitative estimate of drug-likeness (QED) is 0.510. The molecule has 1 saturated carbocycles. The zero-order chi connectivity index (χ0) is 21.5. The van der Waals surface area contributed by atoms with Gasteiger partial charge in [0.2, 0.25) is 0 Å². The van der Waals surface area contributed by atoms with Gasteiger partial charge in [-0.25, -0.2) is 4.99 Å². The van der Waals surface area contributed by atoms with Gasteiger partial charge in [-0.05, 0) is 51.7 Å². The van der Waals surface area contributed by atoms with E-state index in [9.17, 15) is 0 Å². The topological polar surface area (TPSA) is 76.4 Å². The van der Waals surface area contributed by atoms with Crippen LogP contribution in [0.25, 0.3) is 0 Å². The van der Waals surface area contributed by atoms with Crippen LogP contribution in [0.2, 0.25) is 0 Å². The second kappa shape index (κ2) is 10.5. The predicted octanol–water partition coefficient (Wildman–Crippen LogP) is 3.79. The van der Waals surface area contributed by atoms with E-state index < -0.39 is 0 Å². The Bertz CT molecular complexity index is 853. The number of rotatable bonds is 8. The van der Waals surface area contributed by atoms with Crippen LogP contribution in [-0.2, 0) is 20.1 Å². The molecule has 1 aliphatic rings. The zero-order valence-electron chi connectivity index (χ0n) is 19.0. The molecule has 2 aromatic rings. The minimum absolute atomic E-state index is 0.183. The van der Waals surface area contributed by atoms with E-state index in [0.29, 0.717) is 19.1 Å². The van der Waals surface area contributed by atoms with Gasteiger partial charge in [-0.2, -0.15) is 0 Å². The van der Waals surface area contributed by atoms with Gasteiger partial charge in [0.15, 0.2) is 11.8 Å². The maximum absolute atomic E-state index is 6.16. The number of hydrogen-bond donors (Lipinski definition) is 2. The minimum atomic E-state index is 0.183. The first-order chi connectivity index (χ1) is 14.5. The standard InChI is InChI=1S/C23H36N6O/c1-6-17(3)30-21-13-16(2)11-12-19(21)14-24-23(26-20-9-7-8-10-20)25-15-22-28-27-18(4)29(22)5/h11-13,17,20H,6-10,14-15H2,1-5H3,(H2,24,25,26). The van der Waals surface area contributed by atoms with Crippen molar-refractivity contribution in [2.75, 3.05) is 0 Å². The molecule has 1 unspecified atom stereocenters. The average Bonchev–Trinajstić information content (AvgIpc) is 3.35. The van der Waals surface area contributed by atoms with Gasteiger partial charge in [0.1, 0.15) is 11.6 Å². The molecule has 1 atom stereocenters. The van der Waals surface area contributed by atoms with E-state index in [2.05, 4.69) is 59.8 Å². The van der Waals surface area contributed by atoms with Crippen LogP contribution in [0.15, 0.2) is 23.2 Å². The molecule has 0 bridgehead atoms. The molecule has 0 aliphatic heterocycles. The maximum Gasteiger partial charge on any atom is 0.192 e. The second-order valence-corrected chi connectivity index (χ2v) is 8.31. The molecule has 0 amide bonds. The number of ether oxygens (including phenoxy) is 1. The Morgan fingerprint density at radius 3 is 2.70 bits per heavy atom. The van der Waals surface area contributed by atoms with Gasteiger partial charge < -0.3 is 19.9 Å². The van der Waals surface area contributed by atoms with Gasteiger partial charge in [0.25, 0.3) is 0 Å². The summed E-state index contributed by atoms with van der Waals surface area (Å²) in [5.74, 6) is 3.54. The molecule has 3 rings (SSSR count). The largest absolute Gasteiger partial charge is 0.490 e. The van der Waals surface area contributed by atoms with Crippen LogP contribution in [-0.4, -0.2) is 32.9 Å². The highest BCUT2D eigenvalue weighted by Gasteiger charge is 2.17. The highest BCUT2D eigenvalue weighted by atomic mass is 16.5. The fraction of sp³-hybridized carbons (Fsp3) is 0.609. The number of benzene rings is 1. The summed E-state index contributed by atoms with van der Waals surface area (Å²) in [6.07, 6.45) is 6.09. The summed E-state index contributed by atoms with van der Waals surface area (Å²) in [4.78, 5) is 4.89. The molecular formula is C23H36N6O. The molecule has 1 aliphatic carbocycles. The summed E-state index contributed by atoms with van der Waals surface area (Å²) in [6.45, 7) is 9.44. The smallest absolute Gasteiger partial charge is 0.192 e. The third-order valence-electron chi connectivity index (χ3n) is 5.83. The molecule has 7 nitrogen and oxygen atoms in total. The van der Waals surface area contributed by atoms with E-state index in [1.807, 2.05) is 18.5 Å². The van der Waals surface area contributed by atoms with Crippen LogP contribution in [0.5, 0.6) is 5.75 Å². The highest BCUT2D eigenvalue weighted by Crippen LogP contribution is 2.23. The number of guanidine groups is 1. The van der Waals surface area contributed by atoms with E-state index in [1.165, 1.54) is 31.2 Å². The predicted molar refractivity (Wildman–Crippen MR) is 121 cm³/mol. The Kier molecular flexibility index (Phi) is 7.71. The summed E-state index contributed by atoms with van der Waals surface area (Å²) in [7, 11) is 1.98. The Balaban J connectivity index is 1.74. The van der Waals surface area contributed by atoms with Crippen molar-refractivity contribution in [2.45, 2.75) is 85.0 Å². The molecule has 2 N–H and O–H groups in total. The molecule has 0 saturated heterocycles. The van der Waals surface area contributed by atoms with Crippen molar-refractivity contribution >= 4 is 5.96 Å². The van der Waals surface area contributed by atoms with E-state index >= 15 is 0 Å². The molecule has 7 heteroatoms. The highest BCUT2D eigenvalue weighted by molar-refractivity contribution is 5.80. The third kappa shape index (κ3) is 5.97. The Labute approximate surface area is 180 Å². The number of nitrogens with one attached hydrogen (secondary N) is 2. The molecule has 30 heavy (non-hydrogen) atoms. The lowest BCUT2D eigenvalue weighted by Crippen LogP contribution is -2.42. The van der Waals surface area contributed by atoms with Crippen LogP contribution in [0.1, 0.15) is 68.7 Å². The van der Waals surface area contributed by atoms with Crippen LogP contribution >= 0.6 is 0 Å². The summed E-state index contributed by atoms with van der Waals surface area (Å²) in [5.41, 5.74) is 2.30. The number of aliphatic imine (C=N–C) groups is 1. The third-order valence-corrected chi connectivity index (χ3v) is 5.83. The fourth-order valence-electron chi connectivity index (χ4n) is 3.55. The molecule has 164 valence electrons. The van der Waals surface area contributed by atoms with E-state index in [-0.39, 0.29) is 6.10 Å². The van der Waals surface area contributed by atoms with Gasteiger partial charge in [-0.3, -0.25) is 0 Å². The molecule has 1 fully saturated rings. The van der Waals surface area contributed by atoms with Crippen LogP contribution < -0.4 is 15.4 Å². The monoisotopic (exact) mass is 412 g/mol. The number of hydrogen-bond acceptors (Lipinski definition) is 4. The zero-order valence-corrected chi connectivity index (χ0v) is 19.0. The number of aromatic nitrogens is 3. The molecule has 0 radical (unpaired) electrons. The van der Waals surface area contributed by atoms with Gasteiger partial charge >= 0.3 is 0 Å². The van der Waals surface area contributed by atoms with Crippen molar-refractivity contribution in [3.05, 3.63) is 41.0 Å². The molecule has 0 spiro atoms. The summed E-state index contributed by atoms with van der Waals surface area (Å²) in [6, 6.07) is 6.83. The lowest BCUT2D eigenvalue weighted by molar-refractivity contribution is 0.215. The Hall–Kier alpha value is -2.57. The fourth-order valence-corrected chi connectivity index (χ4v) is 3.55. The summed E-state index contributed by atoms with van der Waals surface area (Å²) in [5, 5.41) is 15.4. The van der Waals surface area contributed by atoms with Crippen molar-refractivity contribution in [1.82, 2.24) is 25.4 Å². The maximum atomic E-state index is 6.16. The van der Waals surface area contributed by atoms with Gasteiger partial charge in [0, 0.05) is 18.7 Å². The average molecular weight is 413 g/mol. The van der Waals surface area contributed by atoms with E-state index in [1.54, 1.807) is 0 Å². The lowest BCUT2D eigenvalue weighted by atomic mass is 10.1. The first-order valence-corrected chi connectivity index (χ1v) is 11.1. The van der Waals surface area contributed by atoms with Crippen LogP contribution in [0, 0.1) is 13.8 Å². The van der Waals surface area contributed by atoms with Gasteiger partial charge in [-0.1, -0.05) is 31.9 Å². The Morgan fingerprint density at radius 1 is 1.27 bits per heavy atom. The second-order valence-electron chi connectivity index (χ2n) is 8.31. The normalized spacial score (nSPS) is 16.0. The van der Waals surface area contributed by atoms with Crippen LogP contribution in [0.3, 0.4) is 0 Å². The van der Waals surface area contributed by atoms with E-state index in [0.717, 1.165) is 35.3 Å². The minimum Gasteiger partial charge on any atom is -0.490 e. The van der Waals surface area contributed by atoms with Gasteiger partial charge in [0.05, 0.1) is 19.2 Å². The molecule has 1 heterocycles. The summed E-state index contributed by atoms with van der Waals surface area (Å²) >= 11 is 0. The van der Waals surface area contributed by atoms with Crippen molar-refractivity contribution in [2.24, 2.45) is 12.0 Å².